The fourth-order valence-electron chi connectivity index (χ4n) is 1.62. The highest BCUT2D eigenvalue weighted by atomic mass is 16.3. The minimum absolute atomic E-state index is 0.175. The number of hydrogen-bond donors (Lipinski definition) is 5. The number of nitrogens with one attached hydrogen (secondary N) is 3. The molecule has 0 aliphatic heterocycles. The maximum absolute atomic E-state index is 9.82. The van der Waals surface area contributed by atoms with Gasteiger partial charge in [0, 0.05) is 13.1 Å². The highest BCUT2D eigenvalue weighted by molar-refractivity contribution is 5.86. The van der Waals surface area contributed by atoms with Gasteiger partial charge in [-0.25, -0.2) is 0 Å². The first kappa shape index (κ1) is 14.5. The number of aromatic amines is 1. The Labute approximate surface area is 116 Å². The number of fused-ring (bicyclic) bond motifs is 1. The summed E-state index contributed by atoms with van der Waals surface area (Å²) >= 11 is 0. The van der Waals surface area contributed by atoms with Gasteiger partial charge in [0.2, 0.25) is 5.95 Å². The lowest BCUT2D eigenvalue weighted by atomic mass is 10.1. The molecule has 0 bridgehead atoms. The zero-order valence-corrected chi connectivity index (χ0v) is 11.6. The molecule has 5 N–H and O–H groups in total. The lowest BCUT2D eigenvalue weighted by Gasteiger charge is -2.21. The average Bonchev–Trinajstić information content (AvgIpc) is 2.91. The van der Waals surface area contributed by atoms with Gasteiger partial charge in [-0.3, -0.25) is 5.10 Å². The Hall–Kier alpha value is -1.93. The van der Waals surface area contributed by atoms with E-state index < -0.39 is 5.60 Å². The lowest BCUT2D eigenvalue weighted by molar-refractivity contribution is 0.0132. The van der Waals surface area contributed by atoms with Gasteiger partial charge in [0.25, 0.3) is 0 Å². The van der Waals surface area contributed by atoms with Crippen molar-refractivity contribution in [1.29, 1.82) is 0 Å². The summed E-state index contributed by atoms with van der Waals surface area (Å²) in [5.41, 5.74) is -0.595. The maximum Gasteiger partial charge on any atom is 0.226 e. The van der Waals surface area contributed by atoms with Crippen LogP contribution >= 0.6 is 0 Å². The first-order chi connectivity index (χ1) is 9.55. The third-order valence-electron chi connectivity index (χ3n) is 2.82. The largest absolute Gasteiger partial charge is 0.393 e. The second-order valence-electron chi connectivity index (χ2n) is 4.96. The Morgan fingerprint density at radius 2 is 2.15 bits per heavy atom. The molecule has 8 nitrogen and oxygen atoms in total. The van der Waals surface area contributed by atoms with Crippen molar-refractivity contribution < 1.29 is 10.2 Å². The summed E-state index contributed by atoms with van der Waals surface area (Å²) in [7, 11) is 0. The molecule has 2 heterocycles. The predicted octanol–water partition coefficient (Wildman–Crippen LogP) is 0.330. The smallest absolute Gasteiger partial charge is 0.226 e. The zero-order chi connectivity index (χ0) is 14.6. The van der Waals surface area contributed by atoms with E-state index >= 15 is 0 Å². The topological polar surface area (TPSA) is 119 Å². The molecule has 0 saturated carbocycles. The van der Waals surface area contributed by atoms with Crippen LogP contribution in [0.5, 0.6) is 0 Å². The normalized spacial score (nSPS) is 14.2. The Kier molecular flexibility index (Phi) is 4.35. The molecule has 0 amide bonds. The van der Waals surface area contributed by atoms with Crippen LogP contribution < -0.4 is 10.6 Å². The van der Waals surface area contributed by atoms with Crippen molar-refractivity contribution in [3.05, 3.63) is 6.20 Å². The molecule has 0 aromatic carbocycles. The molecule has 20 heavy (non-hydrogen) atoms. The van der Waals surface area contributed by atoms with Gasteiger partial charge in [-0.15, -0.1) is 0 Å². The van der Waals surface area contributed by atoms with E-state index in [0.717, 1.165) is 18.4 Å². The van der Waals surface area contributed by atoms with Crippen LogP contribution in [0.3, 0.4) is 0 Å². The Balaban J connectivity index is 2.23. The van der Waals surface area contributed by atoms with Gasteiger partial charge in [-0.1, -0.05) is 6.92 Å². The third kappa shape index (κ3) is 3.34. The second kappa shape index (κ2) is 6.02. The van der Waals surface area contributed by atoms with E-state index in [1.165, 1.54) is 0 Å². The van der Waals surface area contributed by atoms with E-state index in [1.807, 2.05) is 0 Å². The first-order valence-electron chi connectivity index (χ1n) is 6.58. The number of hydrogen-bond acceptors (Lipinski definition) is 7. The molecule has 2 rings (SSSR count). The van der Waals surface area contributed by atoms with E-state index in [4.69, 9.17) is 5.11 Å². The summed E-state index contributed by atoms with van der Waals surface area (Å²) in [5.74, 6) is 1.06. The van der Waals surface area contributed by atoms with Crippen LogP contribution in [0.25, 0.3) is 11.0 Å². The fourth-order valence-corrected chi connectivity index (χ4v) is 1.62. The van der Waals surface area contributed by atoms with Crippen molar-refractivity contribution in [2.75, 3.05) is 30.3 Å². The number of aliphatic hydroxyl groups excluding tert-OH is 1. The zero-order valence-electron chi connectivity index (χ0n) is 11.6. The Morgan fingerprint density at radius 1 is 1.35 bits per heavy atom. The molecule has 0 radical (unpaired) electrons. The van der Waals surface area contributed by atoms with E-state index in [1.54, 1.807) is 13.1 Å². The van der Waals surface area contributed by atoms with Gasteiger partial charge in [-0.2, -0.15) is 15.1 Å². The first-order valence-corrected chi connectivity index (χ1v) is 6.58. The van der Waals surface area contributed by atoms with Crippen molar-refractivity contribution in [2.24, 2.45) is 0 Å². The molecule has 1 unspecified atom stereocenters. The second-order valence-corrected chi connectivity index (χ2v) is 4.96. The molecular formula is C12H20N6O2. The molecule has 2 aromatic heterocycles. The van der Waals surface area contributed by atoms with Crippen molar-refractivity contribution in [3.8, 4) is 0 Å². The van der Waals surface area contributed by atoms with Crippen LogP contribution in [-0.2, 0) is 0 Å². The molecular weight excluding hydrogens is 260 g/mol. The highest BCUT2D eigenvalue weighted by Crippen LogP contribution is 2.20. The number of nitrogens with zero attached hydrogens (tertiary/aromatic N) is 3. The molecule has 0 aliphatic rings. The fraction of sp³-hybridized carbons (Fsp3) is 0.583. The van der Waals surface area contributed by atoms with E-state index in [2.05, 4.69) is 37.7 Å². The van der Waals surface area contributed by atoms with Gasteiger partial charge in [0.15, 0.2) is 5.65 Å². The summed E-state index contributed by atoms with van der Waals surface area (Å²) in [6.45, 7) is 4.21. The molecule has 0 aliphatic carbocycles. The molecule has 0 spiro atoms. The SMILES string of the molecule is CCCNc1nc(NCC(C)(O)CO)c2cn[nH]c2n1. The van der Waals surface area contributed by atoms with Crippen LogP contribution in [0.2, 0.25) is 0 Å². The van der Waals surface area contributed by atoms with Crippen molar-refractivity contribution in [1.82, 2.24) is 20.2 Å². The van der Waals surface area contributed by atoms with Gasteiger partial charge in [-0.05, 0) is 13.3 Å². The Bertz CT molecular complexity index is 568. The number of aromatic nitrogens is 4. The third-order valence-corrected chi connectivity index (χ3v) is 2.82. The van der Waals surface area contributed by atoms with E-state index in [-0.39, 0.29) is 13.2 Å². The lowest BCUT2D eigenvalue weighted by Crippen LogP contribution is -2.37. The van der Waals surface area contributed by atoms with Crippen molar-refractivity contribution in [2.45, 2.75) is 25.9 Å². The van der Waals surface area contributed by atoms with Crippen LogP contribution in [0, 0.1) is 0 Å². The minimum Gasteiger partial charge on any atom is -0.393 e. The summed E-state index contributed by atoms with van der Waals surface area (Å²) in [6.07, 6.45) is 2.58. The van der Waals surface area contributed by atoms with E-state index in [9.17, 15) is 5.11 Å². The summed E-state index contributed by atoms with van der Waals surface area (Å²) < 4.78 is 0. The summed E-state index contributed by atoms with van der Waals surface area (Å²) in [5, 5.41) is 32.5. The van der Waals surface area contributed by atoms with E-state index in [0.29, 0.717) is 17.4 Å². The maximum atomic E-state index is 9.82. The van der Waals surface area contributed by atoms with Crippen LogP contribution in [0.15, 0.2) is 6.20 Å². The quantitative estimate of drug-likeness (QED) is 0.496. The highest BCUT2D eigenvalue weighted by Gasteiger charge is 2.20. The number of aliphatic hydroxyl groups is 2. The van der Waals surface area contributed by atoms with Crippen molar-refractivity contribution >= 4 is 22.8 Å². The molecule has 2 aromatic rings. The minimum atomic E-state index is -1.21. The predicted molar refractivity (Wildman–Crippen MR) is 76.7 cm³/mol. The van der Waals surface area contributed by atoms with Crippen LogP contribution in [0.1, 0.15) is 20.3 Å². The summed E-state index contributed by atoms with van der Waals surface area (Å²) in [4.78, 5) is 8.67. The number of anilines is 2. The number of H-pyrrole nitrogens is 1. The molecule has 0 fully saturated rings. The van der Waals surface area contributed by atoms with Gasteiger partial charge >= 0.3 is 0 Å². The van der Waals surface area contributed by atoms with Gasteiger partial charge in [0.05, 0.1) is 18.2 Å². The number of rotatable bonds is 7. The molecule has 8 heteroatoms. The standard InChI is InChI=1S/C12H20N6O2/c1-3-4-13-11-16-9(14-6-12(2,20)7-19)8-5-15-18-10(8)17-11/h5,19-20H,3-4,6-7H2,1-2H3,(H3,13,14,15,16,17,18). The van der Waals surface area contributed by atoms with Gasteiger partial charge in [0.1, 0.15) is 11.4 Å². The summed E-state index contributed by atoms with van der Waals surface area (Å²) in [6, 6.07) is 0. The molecule has 1 atom stereocenters. The van der Waals surface area contributed by atoms with Gasteiger partial charge < -0.3 is 20.8 Å². The van der Waals surface area contributed by atoms with Crippen molar-refractivity contribution in [3.63, 3.8) is 0 Å². The monoisotopic (exact) mass is 280 g/mol. The molecule has 0 saturated heterocycles. The Morgan fingerprint density at radius 3 is 2.85 bits per heavy atom. The van der Waals surface area contributed by atoms with Crippen LogP contribution in [0.4, 0.5) is 11.8 Å². The molecule has 110 valence electrons. The van der Waals surface area contributed by atoms with Crippen LogP contribution in [-0.4, -0.2) is 55.7 Å². The average molecular weight is 280 g/mol.